The monoisotopic (exact) mass is 269 g/mol. The second-order valence-corrected chi connectivity index (χ2v) is 4.09. The van der Waals surface area contributed by atoms with E-state index >= 15 is 0 Å². The maximum absolute atomic E-state index is 9.29. The van der Waals surface area contributed by atoms with Crippen LogP contribution in [0, 0.1) is 11.3 Å². The van der Waals surface area contributed by atoms with E-state index in [1.54, 1.807) is 33.5 Å². The Morgan fingerprint density at radius 2 is 1.45 bits per heavy atom. The summed E-state index contributed by atoms with van der Waals surface area (Å²) in [6.07, 6.45) is 0. The molecule has 0 bridgehead atoms. The summed E-state index contributed by atoms with van der Waals surface area (Å²) in [4.78, 5) is 0. The lowest BCUT2D eigenvalue weighted by Gasteiger charge is -2.12. The summed E-state index contributed by atoms with van der Waals surface area (Å²) in [6.45, 7) is 0. The Labute approximate surface area is 118 Å². The minimum Gasteiger partial charge on any atom is -0.497 e. The third kappa shape index (κ3) is 2.52. The molecule has 0 amide bonds. The molecule has 4 heteroatoms. The van der Waals surface area contributed by atoms with Crippen LogP contribution in [-0.4, -0.2) is 21.3 Å². The molecule has 0 aliphatic carbocycles. The van der Waals surface area contributed by atoms with E-state index in [2.05, 4.69) is 6.07 Å². The fourth-order valence-corrected chi connectivity index (χ4v) is 1.98. The molecule has 2 rings (SSSR count). The smallest absolute Gasteiger partial charge is 0.162 e. The van der Waals surface area contributed by atoms with Gasteiger partial charge >= 0.3 is 0 Å². The molecule has 0 heterocycles. The van der Waals surface area contributed by atoms with Crippen molar-refractivity contribution in [3.8, 4) is 34.4 Å². The summed E-state index contributed by atoms with van der Waals surface area (Å²) >= 11 is 0. The van der Waals surface area contributed by atoms with Crippen LogP contribution in [0.5, 0.6) is 17.2 Å². The molecule has 0 spiro atoms. The molecule has 102 valence electrons. The number of nitrogens with zero attached hydrogens (tertiary/aromatic N) is 1. The largest absolute Gasteiger partial charge is 0.497 e. The Morgan fingerprint density at radius 3 is 1.95 bits per heavy atom. The van der Waals surface area contributed by atoms with Crippen LogP contribution in [0.15, 0.2) is 36.4 Å². The second-order valence-electron chi connectivity index (χ2n) is 4.09. The molecule has 0 atom stereocenters. The molecular formula is C16H15NO3. The highest BCUT2D eigenvalue weighted by molar-refractivity contribution is 5.74. The first-order chi connectivity index (χ1) is 9.73. The number of methoxy groups -OCH3 is 3. The summed E-state index contributed by atoms with van der Waals surface area (Å²) < 4.78 is 15.6. The number of benzene rings is 2. The van der Waals surface area contributed by atoms with Crippen molar-refractivity contribution in [2.75, 3.05) is 21.3 Å². The third-order valence-electron chi connectivity index (χ3n) is 3.05. The molecule has 2 aromatic carbocycles. The van der Waals surface area contributed by atoms with Crippen molar-refractivity contribution in [1.82, 2.24) is 0 Å². The van der Waals surface area contributed by atoms with E-state index < -0.39 is 0 Å². The molecule has 0 aliphatic rings. The third-order valence-corrected chi connectivity index (χ3v) is 3.05. The summed E-state index contributed by atoms with van der Waals surface area (Å²) in [7, 11) is 4.74. The van der Waals surface area contributed by atoms with Gasteiger partial charge in [0.2, 0.25) is 0 Å². The highest BCUT2D eigenvalue weighted by Gasteiger charge is 2.12. The number of hydrogen-bond donors (Lipinski definition) is 0. The van der Waals surface area contributed by atoms with Gasteiger partial charge in [0.05, 0.1) is 33.0 Å². The second kappa shape index (κ2) is 5.98. The highest BCUT2D eigenvalue weighted by atomic mass is 16.5. The molecule has 0 fully saturated rings. The molecule has 0 saturated carbocycles. The highest BCUT2D eigenvalue weighted by Crippen LogP contribution is 2.35. The van der Waals surface area contributed by atoms with Crippen LogP contribution in [0.3, 0.4) is 0 Å². The Morgan fingerprint density at radius 1 is 0.850 bits per heavy atom. The molecule has 4 nitrogen and oxygen atoms in total. The molecule has 0 aliphatic heterocycles. The Kier molecular flexibility index (Phi) is 4.11. The average Bonchev–Trinajstić information content (AvgIpc) is 2.53. The van der Waals surface area contributed by atoms with Crippen molar-refractivity contribution in [1.29, 1.82) is 5.26 Å². The van der Waals surface area contributed by atoms with Crippen LogP contribution >= 0.6 is 0 Å². The summed E-state index contributed by atoms with van der Waals surface area (Å²) in [5.74, 6) is 1.91. The van der Waals surface area contributed by atoms with Gasteiger partial charge in [-0.1, -0.05) is 12.1 Å². The van der Waals surface area contributed by atoms with E-state index in [-0.39, 0.29) is 0 Å². The fraction of sp³-hybridized carbons (Fsp3) is 0.188. The van der Waals surface area contributed by atoms with Crippen molar-refractivity contribution in [2.45, 2.75) is 0 Å². The van der Waals surface area contributed by atoms with Crippen LogP contribution in [0.2, 0.25) is 0 Å². The SMILES string of the molecule is COc1ccc(-c2cc(OC)c(OC)cc2C#N)cc1. The summed E-state index contributed by atoms with van der Waals surface area (Å²) in [6, 6.07) is 13.2. The van der Waals surface area contributed by atoms with Crippen molar-refractivity contribution >= 4 is 0 Å². The van der Waals surface area contributed by atoms with Gasteiger partial charge in [0.15, 0.2) is 11.5 Å². The zero-order valence-electron chi connectivity index (χ0n) is 11.6. The van der Waals surface area contributed by atoms with Crippen LogP contribution < -0.4 is 14.2 Å². The number of nitriles is 1. The van der Waals surface area contributed by atoms with Gasteiger partial charge in [-0.05, 0) is 23.8 Å². The quantitative estimate of drug-likeness (QED) is 0.855. The van der Waals surface area contributed by atoms with Gasteiger partial charge in [-0.15, -0.1) is 0 Å². The van der Waals surface area contributed by atoms with Gasteiger partial charge in [-0.25, -0.2) is 0 Å². The van der Waals surface area contributed by atoms with Crippen molar-refractivity contribution in [3.63, 3.8) is 0 Å². The van der Waals surface area contributed by atoms with E-state index in [1.165, 1.54) is 0 Å². The lowest BCUT2D eigenvalue weighted by molar-refractivity contribution is 0.355. The Hall–Kier alpha value is -2.67. The van der Waals surface area contributed by atoms with Gasteiger partial charge in [-0.2, -0.15) is 5.26 Å². The topological polar surface area (TPSA) is 51.5 Å². The Balaban J connectivity index is 2.56. The van der Waals surface area contributed by atoms with E-state index in [0.29, 0.717) is 17.1 Å². The predicted molar refractivity (Wildman–Crippen MR) is 76.2 cm³/mol. The maximum Gasteiger partial charge on any atom is 0.162 e. The first-order valence-electron chi connectivity index (χ1n) is 6.04. The van der Waals surface area contributed by atoms with Gasteiger partial charge in [-0.3, -0.25) is 0 Å². The van der Waals surface area contributed by atoms with Crippen LogP contribution in [0.1, 0.15) is 5.56 Å². The average molecular weight is 269 g/mol. The maximum atomic E-state index is 9.29. The molecule has 20 heavy (non-hydrogen) atoms. The minimum atomic E-state index is 0.535. The van der Waals surface area contributed by atoms with E-state index in [1.807, 2.05) is 24.3 Å². The number of rotatable bonds is 4. The van der Waals surface area contributed by atoms with Crippen molar-refractivity contribution < 1.29 is 14.2 Å². The Bertz CT molecular complexity index is 642. The zero-order valence-corrected chi connectivity index (χ0v) is 11.6. The molecule has 0 unspecified atom stereocenters. The standard InChI is InChI=1S/C16H15NO3/c1-18-13-6-4-11(5-7-13)14-9-16(20-3)15(19-2)8-12(14)10-17/h4-9H,1-3H3. The van der Waals surface area contributed by atoms with E-state index in [4.69, 9.17) is 14.2 Å². The van der Waals surface area contributed by atoms with Crippen LogP contribution in [0.4, 0.5) is 0 Å². The van der Waals surface area contributed by atoms with Gasteiger partial charge in [0.25, 0.3) is 0 Å². The molecule has 0 N–H and O–H groups in total. The molecule has 0 radical (unpaired) electrons. The van der Waals surface area contributed by atoms with Gasteiger partial charge in [0.1, 0.15) is 5.75 Å². The minimum absolute atomic E-state index is 0.535. The normalized spacial score (nSPS) is 9.70. The first-order valence-corrected chi connectivity index (χ1v) is 6.04. The van der Waals surface area contributed by atoms with Crippen molar-refractivity contribution in [2.24, 2.45) is 0 Å². The summed E-state index contributed by atoms with van der Waals surface area (Å²) in [5.41, 5.74) is 2.25. The van der Waals surface area contributed by atoms with Gasteiger partial charge < -0.3 is 14.2 Å². The summed E-state index contributed by atoms with van der Waals surface area (Å²) in [5, 5.41) is 9.29. The molecule has 2 aromatic rings. The van der Waals surface area contributed by atoms with E-state index in [9.17, 15) is 5.26 Å². The van der Waals surface area contributed by atoms with Gasteiger partial charge in [0, 0.05) is 11.6 Å². The van der Waals surface area contributed by atoms with Crippen LogP contribution in [-0.2, 0) is 0 Å². The molecule has 0 saturated heterocycles. The van der Waals surface area contributed by atoms with Crippen LogP contribution in [0.25, 0.3) is 11.1 Å². The number of ether oxygens (including phenoxy) is 3. The molecule has 0 aromatic heterocycles. The first kappa shape index (κ1) is 13.8. The van der Waals surface area contributed by atoms with E-state index in [0.717, 1.165) is 16.9 Å². The lowest BCUT2D eigenvalue weighted by atomic mass is 9.99. The fourth-order valence-electron chi connectivity index (χ4n) is 1.98. The molecular weight excluding hydrogens is 254 g/mol. The number of hydrogen-bond acceptors (Lipinski definition) is 4. The zero-order chi connectivity index (χ0) is 14.5. The lowest BCUT2D eigenvalue weighted by Crippen LogP contribution is -1.94. The van der Waals surface area contributed by atoms with Crippen molar-refractivity contribution in [3.05, 3.63) is 42.0 Å². The predicted octanol–water partition coefficient (Wildman–Crippen LogP) is 3.25.